The Labute approximate surface area is 35.6 Å². The van der Waals surface area contributed by atoms with Crippen LogP contribution in [0.25, 0.3) is 0 Å². The van der Waals surface area contributed by atoms with E-state index in [9.17, 15) is 0 Å². The molecule has 0 spiro atoms. The quantitative estimate of drug-likeness (QED) is 0.354. The zero-order valence-electron chi connectivity index (χ0n) is 2.86. The first-order valence-electron chi connectivity index (χ1n) is 1.14. The maximum Gasteiger partial charge on any atom is 0.0789 e. The van der Waals surface area contributed by atoms with Crippen LogP contribution in [0.3, 0.4) is 0 Å². The highest BCUT2D eigenvalue weighted by atomic mass is 32.2. The molecule has 0 unspecified atom stereocenters. The Morgan fingerprint density at radius 1 is 1.80 bits per heavy atom. The summed E-state index contributed by atoms with van der Waals surface area (Å²) >= 11 is 0.541. The average molecular weight is 88.1 g/mol. The van der Waals surface area contributed by atoms with Crippen molar-refractivity contribution in [2.45, 2.75) is 6.92 Å². The summed E-state index contributed by atoms with van der Waals surface area (Å²) in [5.74, 6) is 2.48. The summed E-state index contributed by atoms with van der Waals surface area (Å²) in [5, 5.41) is 2.33. The predicted molar refractivity (Wildman–Crippen MR) is 23.7 cm³/mol. The van der Waals surface area contributed by atoms with Gasteiger partial charge < -0.3 is 4.55 Å². The molecular formula is C3H4OS. The second-order valence-electron chi connectivity index (χ2n) is 0.443. The van der Waals surface area contributed by atoms with Gasteiger partial charge >= 0.3 is 0 Å². The van der Waals surface area contributed by atoms with Crippen LogP contribution in [-0.4, -0.2) is 4.55 Å². The SMILES string of the molecule is CC#CSO. The van der Waals surface area contributed by atoms with Gasteiger partial charge in [0.2, 0.25) is 0 Å². The fraction of sp³-hybridized carbons (Fsp3) is 0.333. The molecule has 0 saturated carbocycles. The van der Waals surface area contributed by atoms with Crippen molar-refractivity contribution in [3.63, 3.8) is 0 Å². The van der Waals surface area contributed by atoms with Gasteiger partial charge in [-0.25, -0.2) is 0 Å². The third-order valence-corrected chi connectivity index (χ3v) is 0.443. The molecule has 0 aliphatic heterocycles. The van der Waals surface area contributed by atoms with Crippen LogP contribution < -0.4 is 0 Å². The molecule has 28 valence electrons. The normalized spacial score (nSPS) is 5.20. The number of hydrogen-bond donors (Lipinski definition) is 1. The van der Waals surface area contributed by atoms with Crippen LogP contribution in [-0.2, 0) is 0 Å². The Morgan fingerprint density at radius 2 is 2.40 bits per heavy atom. The van der Waals surface area contributed by atoms with E-state index in [1.165, 1.54) is 0 Å². The molecule has 0 rings (SSSR count). The maximum absolute atomic E-state index is 7.81. The predicted octanol–water partition coefficient (Wildman–Crippen LogP) is 1.17. The molecule has 0 bridgehead atoms. The van der Waals surface area contributed by atoms with E-state index < -0.39 is 0 Å². The first kappa shape index (κ1) is 4.87. The summed E-state index contributed by atoms with van der Waals surface area (Å²) in [5.41, 5.74) is 0. The van der Waals surface area contributed by atoms with Crippen molar-refractivity contribution in [3.05, 3.63) is 0 Å². The summed E-state index contributed by atoms with van der Waals surface area (Å²) in [6, 6.07) is 0. The molecule has 0 aliphatic rings. The number of hydrogen-bond acceptors (Lipinski definition) is 2. The summed E-state index contributed by atoms with van der Waals surface area (Å²) < 4.78 is 7.81. The van der Waals surface area contributed by atoms with Gasteiger partial charge in [0.25, 0.3) is 0 Å². The van der Waals surface area contributed by atoms with Gasteiger partial charge in [0.1, 0.15) is 0 Å². The van der Waals surface area contributed by atoms with E-state index in [-0.39, 0.29) is 0 Å². The van der Waals surface area contributed by atoms with Crippen molar-refractivity contribution in [2.24, 2.45) is 0 Å². The third-order valence-electron chi connectivity index (χ3n) is 0.148. The van der Waals surface area contributed by atoms with Crippen molar-refractivity contribution >= 4 is 12.0 Å². The fourth-order valence-corrected chi connectivity index (χ4v) is 0.137. The molecule has 0 radical (unpaired) electrons. The Balaban J connectivity index is 2.81. The van der Waals surface area contributed by atoms with Gasteiger partial charge in [-0.3, -0.25) is 0 Å². The van der Waals surface area contributed by atoms with E-state index in [2.05, 4.69) is 11.2 Å². The molecule has 0 aromatic rings. The smallest absolute Gasteiger partial charge is 0.0789 e. The molecule has 0 aromatic carbocycles. The van der Waals surface area contributed by atoms with Gasteiger partial charge in [-0.05, 0) is 12.2 Å². The van der Waals surface area contributed by atoms with E-state index in [0.717, 1.165) is 0 Å². The van der Waals surface area contributed by atoms with E-state index in [1.54, 1.807) is 6.92 Å². The van der Waals surface area contributed by atoms with Crippen molar-refractivity contribution in [2.75, 3.05) is 0 Å². The minimum absolute atomic E-state index is 0.541. The first-order chi connectivity index (χ1) is 2.41. The van der Waals surface area contributed by atoms with Gasteiger partial charge in [0.05, 0.1) is 12.0 Å². The van der Waals surface area contributed by atoms with Gasteiger partial charge in [-0.2, -0.15) is 0 Å². The molecular weight excluding hydrogens is 84.1 g/mol. The Hall–Kier alpha value is -0.130. The molecule has 0 amide bonds. The van der Waals surface area contributed by atoms with Crippen molar-refractivity contribution in [1.29, 1.82) is 0 Å². The third kappa shape index (κ3) is 3.87. The van der Waals surface area contributed by atoms with Crippen LogP contribution in [0.1, 0.15) is 6.92 Å². The van der Waals surface area contributed by atoms with Gasteiger partial charge in [0, 0.05) is 0 Å². The summed E-state index contributed by atoms with van der Waals surface area (Å²) in [6.45, 7) is 1.67. The van der Waals surface area contributed by atoms with Crippen LogP contribution in [0, 0.1) is 11.2 Å². The molecule has 0 aliphatic carbocycles. The summed E-state index contributed by atoms with van der Waals surface area (Å²) in [4.78, 5) is 0. The van der Waals surface area contributed by atoms with Crippen molar-refractivity contribution in [1.82, 2.24) is 0 Å². The molecule has 2 heteroatoms. The van der Waals surface area contributed by atoms with Crippen molar-refractivity contribution < 1.29 is 4.55 Å². The zero-order chi connectivity index (χ0) is 4.12. The Kier molecular flexibility index (Phi) is 3.77. The highest BCUT2D eigenvalue weighted by Crippen LogP contribution is 1.79. The highest BCUT2D eigenvalue weighted by Gasteiger charge is 1.50. The van der Waals surface area contributed by atoms with E-state index >= 15 is 0 Å². The molecule has 0 aromatic heterocycles. The summed E-state index contributed by atoms with van der Waals surface area (Å²) in [6.07, 6.45) is 0. The van der Waals surface area contributed by atoms with Crippen LogP contribution in [0.2, 0.25) is 0 Å². The van der Waals surface area contributed by atoms with E-state index in [0.29, 0.717) is 12.0 Å². The Bertz CT molecular complexity index is 59.0. The van der Waals surface area contributed by atoms with E-state index in [1.807, 2.05) is 0 Å². The first-order valence-corrected chi connectivity index (χ1v) is 1.91. The number of rotatable bonds is 0. The molecule has 0 saturated heterocycles. The van der Waals surface area contributed by atoms with Crippen LogP contribution >= 0.6 is 12.0 Å². The standard InChI is InChI=1S/C3H4OS/c1-2-3-5-4/h4H,1H3. The highest BCUT2D eigenvalue weighted by molar-refractivity contribution is 7.98. The zero-order valence-corrected chi connectivity index (χ0v) is 3.67. The maximum atomic E-state index is 7.81. The molecule has 1 N–H and O–H groups in total. The monoisotopic (exact) mass is 88.0 g/mol. The second-order valence-corrected chi connectivity index (χ2v) is 0.830. The van der Waals surface area contributed by atoms with Crippen LogP contribution in [0.15, 0.2) is 0 Å². The molecule has 5 heavy (non-hydrogen) atoms. The average Bonchev–Trinajstić information content (AvgIpc) is 1.41. The van der Waals surface area contributed by atoms with Crippen molar-refractivity contribution in [3.8, 4) is 11.2 Å². The molecule has 0 atom stereocenters. The second kappa shape index (κ2) is 3.87. The Morgan fingerprint density at radius 3 is 2.40 bits per heavy atom. The molecule has 0 heterocycles. The van der Waals surface area contributed by atoms with Gasteiger partial charge in [-0.15, -0.1) is 0 Å². The van der Waals surface area contributed by atoms with Crippen LogP contribution in [0.5, 0.6) is 0 Å². The fourth-order valence-electron chi connectivity index (χ4n) is 0.0456. The lowest BCUT2D eigenvalue weighted by Crippen LogP contribution is -1.37. The van der Waals surface area contributed by atoms with E-state index in [4.69, 9.17) is 4.55 Å². The molecule has 1 nitrogen and oxygen atoms in total. The summed E-state index contributed by atoms with van der Waals surface area (Å²) in [7, 11) is 0. The van der Waals surface area contributed by atoms with Gasteiger partial charge in [-0.1, -0.05) is 5.92 Å². The largest absolute Gasteiger partial charge is 0.319 e. The minimum atomic E-state index is 0.541. The molecule has 0 fully saturated rings. The van der Waals surface area contributed by atoms with Gasteiger partial charge in [0.15, 0.2) is 0 Å². The topological polar surface area (TPSA) is 20.2 Å². The lowest BCUT2D eigenvalue weighted by molar-refractivity contribution is 0.672. The van der Waals surface area contributed by atoms with Crippen LogP contribution in [0.4, 0.5) is 0 Å². The lowest BCUT2D eigenvalue weighted by atomic mass is 10.9. The minimum Gasteiger partial charge on any atom is -0.319 e. The lowest BCUT2D eigenvalue weighted by Gasteiger charge is -1.57.